The molecule has 0 N–H and O–H groups in total. The number of benzene rings is 1. The van der Waals surface area contributed by atoms with E-state index < -0.39 is 0 Å². The molecule has 0 saturated heterocycles. The van der Waals surface area contributed by atoms with Crippen molar-refractivity contribution >= 4 is 17.5 Å². The maximum absolute atomic E-state index is 11.9. The van der Waals surface area contributed by atoms with E-state index in [1.165, 1.54) is 5.56 Å². The van der Waals surface area contributed by atoms with E-state index in [-0.39, 0.29) is 11.8 Å². The summed E-state index contributed by atoms with van der Waals surface area (Å²) in [5.74, 6) is 0.635. The molecule has 0 aliphatic heterocycles. The van der Waals surface area contributed by atoms with Crippen molar-refractivity contribution in [3.05, 3.63) is 59.5 Å². The zero-order valence-electron chi connectivity index (χ0n) is 10.8. The standard InChI is InChI=1S/C15H16ClNO2/c1-12-4-6-13(7-5-12)10-17(15(18)9-16)11-14-3-2-8-19-14/h2-8H,9-11H2,1H3. The first-order chi connectivity index (χ1) is 9.19. The predicted molar refractivity (Wildman–Crippen MR) is 74.9 cm³/mol. The molecule has 1 heterocycles. The number of carbonyl (C=O) groups excluding carboxylic acids is 1. The minimum Gasteiger partial charge on any atom is -0.467 e. The number of nitrogens with zero attached hydrogens (tertiary/aromatic N) is 1. The van der Waals surface area contributed by atoms with Gasteiger partial charge in [0.05, 0.1) is 12.8 Å². The van der Waals surface area contributed by atoms with E-state index in [4.69, 9.17) is 16.0 Å². The van der Waals surface area contributed by atoms with Crippen LogP contribution in [-0.4, -0.2) is 16.7 Å². The van der Waals surface area contributed by atoms with Gasteiger partial charge in [0.15, 0.2) is 0 Å². The summed E-state index contributed by atoms with van der Waals surface area (Å²) in [7, 11) is 0. The number of rotatable bonds is 5. The molecule has 1 amide bonds. The summed E-state index contributed by atoms with van der Waals surface area (Å²) in [6.45, 7) is 3.01. The average molecular weight is 278 g/mol. The Labute approximate surface area is 117 Å². The SMILES string of the molecule is Cc1ccc(CN(Cc2ccco2)C(=O)CCl)cc1. The smallest absolute Gasteiger partial charge is 0.238 e. The molecule has 4 heteroatoms. The summed E-state index contributed by atoms with van der Waals surface area (Å²) in [6.07, 6.45) is 1.60. The number of carbonyl (C=O) groups is 1. The van der Waals surface area contributed by atoms with Crippen LogP contribution in [0.2, 0.25) is 0 Å². The normalized spacial score (nSPS) is 10.4. The Kier molecular flexibility index (Phi) is 4.63. The van der Waals surface area contributed by atoms with Crippen molar-refractivity contribution in [2.75, 3.05) is 5.88 Å². The summed E-state index contributed by atoms with van der Waals surface area (Å²) in [6, 6.07) is 11.8. The van der Waals surface area contributed by atoms with E-state index in [2.05, 4.69) is 0 Å². The zero-order valence-corrected chi connectivity index (χ0v) is 11.6. The second-order valence-electron chi connectivity index (χ2n) is 4.45. The van der Waals surface area contributed by atoms with Gasteiger partial charge < -0.3 is 9.32 Å². The average Bonchev–Trinajstić information content (AvgIpc) is 2.92. The Morgan fingerprint density at radius 2 is 1.95 bits per heavy atom. The molecule has 100 valence electrons. The van der Waals surface area contributed by atoms with Gasteiger partial charge in [-0.1, -0.05) is 29.8 Å². The maximum Gasteiger partial charge on any atom is 0.238 e. The van der Waals surface area contributed by atoms with Crippen molar-refractivity contribution in [2.45, 2.75) is 20.0 Å². The predicted octanol–water partition coefficient (Wildman–Crippen LogP) is 3.36. The minimum absolute atomic E-state index is 0.0213. The summed E-state index contributed by atoms with van der Waals surface area (Å²) in [5.41, 5.74) is 2.28. The fourth-order valence-corrected chi connectivity index (χ4v) is 1.99. The lowest BCUT2D eigenvalue weighted by Gasteiger charge is -2.20. The van der Waals surface area contributed by atoms with Gasteiger partial charge in [-0.2, -0.15) is 0 Å². The van der Waals surface area contributed by atoms with E-state index in [9.17, 15) is 4.79 Å². The van der Waals surface area contributed by atoms with Crippen LogP contribution in [0.15, 0.2) is 47.1 Å². The van der Waals surface area contributed by atoms with Crippen molar-refractivity contribution in [2.24, 2.45) is 0 Å². The molecule has 19 heavy (non-hydrogen) atoms. The highest BCUT2D eigenvalue weighted by Gasteiger charge is 2.14. The van der Waals surface area contributed by atoms with Crippen LogP contribution >= 0.6 is 11.6 Å². The number of halogens is 1. The molecule has 0 unspecified atom stereocenters. The monoisotopic (exact) mass is 277 g/mol. The molecule has 1 aromatic carbocycles. The van der Waals surface area contributed by atoms with Gasteiger partial charge in [-0.3, -0.25) is 4.79 Å². The van der Waals surface area contributed by atoms with Gasteiger partial charge in [-0.25, -0.2) is 0 Å². The Morgan fingerprint density at radius 1 is 1.21 bits per heavy atom. The van der Waals surface area contributed by atoms with Crippen LogP contribution in [-0.2, 0) is 17.9 Å². The Hall–Kier alpha value is -1.74. The van der Waals surface area contributed by atoms with Gasteiger partial charge in [0.1, 0.15) is 11.6 Å². The Balaban J connectivity index is 2.09. The number of alkyl halides is 1. The van der Waals surface area contributed by atoms with Crippen molar-refractivity contribution < 1.29 is 9.21 Å². The van der Waals surface area contributed by atoms with E-state index in [0.717, 1.165) is 11.3 Å². The van der Waals surface area contributed by atoms with Crippen LogP contribution < -0.4 is 0 Å². The third kappa shape index (κ3) is 3.86. The largest absolute Gasteiger partial charge is 0.467 e. The molecule has 1 aromatic heterocycles. The van der Waals surface area contributed by atoms with Gasteiger partial charge in [0.2, 0.25) is 5.91 Å². The highest BCUT2D eigenvalue weighted by atomic mass is 35.5. The molecular formula is C15H16ClNO2. The summed E-state index contributed by atoms with van der Waals surface area (Å²) >= 11 is 5.66. The molecular weight excluding hydrogens is 262 g/mol. The summed E-state index contributed by atoms with van der Waals surface area (Å²) in [4.78, 5) is 13.6. The number of aryl methyl sites for hydroxylation is 1. The molecule has 0 bridgehead atoms. The molecule has 0 aliphatic rings. The molecule has 2 rings (SSSR count). The Bertz CT molecular complexity index is 520. The molecule has 0 atom stereocenters. The quantitative estimate of drug-likeness (QED) is 0.785. The second-order valence-corrected chi connectivity index (χ2v) is 4.72. The van der Waals surface area contributed by atoms with Crippen LogP contribution in [0.25, 0.3) is 0 Å². The summed E-state index contributed by atoms with van der Waals surface area (Å²) in [5, 5.41) is 0. The van der Waals surface area contributed by atoms with Crippen molar-refractivity contribution in [1.82, 2.24) is 4.90 Å². The topological polar surface area (TPSA) is 33.5 Å². The molecule has 2 aromatic rings. The molecule has 0 fully saturated rings. The van der Waals surface area contributed by atoms with Gasteiger partial charge in [0, 0.05) is 6.54 Å². The molecule has 0 spiro atoms. The van der Waals surface area contributed by atoms with E-state index in [1.807, 2.05) is 43.3 Å². The number of furan rings is 1. The van der Waals surface area contributed by atoms with Gasteiger partial charge in [-0.05, 0) is 24.6 Å². The number of hydrogen-bond acceptors (Lipinski definition) is 2. The lowest BCUT2D eigenvalue weighted by Crippen LogP contribution is -2.30. The van der Waals surface area contributed by atoms with Crippen molar-refractivity contribution in [1.29, 1.82) is 0 Å². The van der Waals surface area contributed by atoms with E-state index in [0.29, 0.717) is 13.1 Å². The molecule has 3 nitrogen and oxygen atoms in total. The number of amides is 1. The van der Waals surface area contributed by atoms with Crippen LogP contribution in [0.1, 0.15) is 16.9 Å². The lowest BCUT2D eigenvalue weighted by atomic mass is 10.1. The first-order valence-corrected chi connectivity index (χ1v) is 6.64. The fourth-order valence-electron chi connectivity index (χ4n) is 1.82. The first-order valence-electron chi connectivity index (χ1n) is 6.10. The van der Waals surface area contributed by atoms with E-state index in [1.54, 1.807) is 11.2 Å². The third-order valence-electron chi connectivity index (χ3n) is 2.89. The number of hydrogen-bond donors (Lipinski definition) is 0. The molecule has 0 radical (unpaired) electrons. The van der Waals surface area contributed by atoms with Gasteiger partial charge >= 0.3 is 0 Å². The maximum atomic E-state index is 11.9. The van der Waals surface area contributed by atoms with E-state index >= 15 is 0 Å². The van der Waals surface area contributed by atoms with Gasteiger partial charge in [0.25, 0.3) is 0 Å². The lowest BCUT2D eigenvalue weighted by molar-refractivity contribution is -0.130. The van der Waals surface area contributed by atoms with Crippen molar-refractivity contribution in [3.8, 4) is 0 Å². The summed E-state index contributed by atoms with van der Waals surface area (Å²) < 4.78 is 5.28. The zero-order chi connectivity index (χ0) is 13.7. The third-order valence-corrected chi connectivity index (χ3v) is 3.12. The second kappa shape index (κ2) is 6.43. The fraction of sp³-hybridized carbons (Fsp3) is 0.267. The molecule has 0 saturated carbocycles. The Morgan fingerprint density at radius 3 is 2.53 bits per heavy atom. The minimum atomic E-state index is -0.0985. The van der Waals surface area contributed by atoms with Crippen LogP contribution in [0.3, 0.4) is 0 Å². The highest BCUT2D eigenvalue weighted by molar-refractivity contribution is 6.27. The van der Waals surface area contributed by atoms with Crippen LogP contribution in [0, 0.1) is 6.92 Å². The van der Waals surface area contributed by atoms with Crippen LogP contribution in [0.5, 0.6) is 0 Å². The van der Waals surface area contributed by atoms with Crippen LogP contribution in [0.4, 0.5) is 0 Å². The van der Waals surface area contributed by atoms with Crippen molar-refractivity contribution in [3.63, 3.8) is 0 Å². The van der Waals surface area contributed by atoms with Gasteiger partial charge in [-0.15, -0.1) is 11.6 Å². The first kappa shape index (κ1) is 13.7. The molecule has 0 aliphatic carbocycles. The highest BCUT2D eigenvalue weighted by Crippen LogP contribution is 2.12.